The summed E-state index contributed by atoms with van der Waals surface area (Å²) in [4.78, 5) is 51.3. The van der Waals surface area contributed by atoms with Crippen molar-refractivity contribution in [3.8, 4) is 5.69 Å². The van der Waals surface area contributed by atoms with Gasteiger partial charge in [-0.2, -0.15) is 9.78 Å². The van der Waals surface area contributed by atoms with Gasteiger partial charge in [-0.05, 0) is 44.0 Å². The van der Waals surface area contributed by atoms with Crippen molar-refractivity contribution in [1.82, 2.24) is 19.2 Å². The highest BCUT2D eigenvalue weighted by molar-refractivity contribution is 5.92. The number of carbonyl (C=O) groups is 2. The minimum absolute atomic E-state index is 0.109. The van der Waals surface area contributed by atoms with Crippen molar-refractivity contribution in [2.45, 2.75) is 19.8 Å². The Balaban J connectivity index is 1.96. The Labute approximate surface area is 165 Å². The van der Waals surface area contributed by atoms with Gasteiger partial charge in [-0.1, -0.05) is 0 Å². The van der Waals surface area contributed by atoms with Crippen molar-refractivity contribution in [1.29, 1.82) is 0 Å². The molecule has 154 valence electrons. The van der Waals surface area contributed by atoms with Crippen LogP contribution in [0.15, 0.2) is 33.9 Å². The number of likely N-dealkylation sites (tertiary alicyclic amines) is 1. The van der Waals surface area contributed by atoms with E-state index in [1.165, 1.54) is 24.1 Å². The largest absolute Gasteiger partial charge is 0.466 e. The van der Waals surface area contributed by atoms with Crippen LogP contribution in [0, 0.1) is 11.7 Å². The van der Waals surface area contributed by atoms with Crippen LogP contribution in [0.1, 0.15) is 30.3 Å². The van der Waals surface area contributed by atoms with E-state index in [0.717, 1.165) is 21.4 Å². The van der Waals surface area contributed by atoms with E-state index in [-0.39, 0.29) is 24.8 Å². The van der Waals surface area contributed by atoms with Gasteiger partial charge in [0, 0.05) is 20.1 Å². The van der Waals surface area contributed by atoms with Gasteiger partial charge in [-0.3, -0.25) is 19.0 Å². The van der Waals surface area contributed by atoms with Gasteiger partial charge >= 0.3 is 11.7 Å². The molecule has 1 aliphatic heterocycles. The second kappa shape index (κ2) is 8.38. The summed E-state index contributed by atoms with van der Waals surface area (Å²) in [5, 5.41) is 3.95. The zero-order valence-corrected chi connectivity index (χ0v) is 16.1. The SMILES string of the molecule is CCOC(=O)[C@H]1CCCN(C(=O)c2nn(-c3ccc(F)cc3)c(=O)n(C)c2=O)C1. The van der Waals surface area contributed by atoms with Gasteiger partial charge in [0.1, 0.15) is 5.82 Å². The fourth-order valence-corrected chi connectivity index (χ4v) is 3.22. The molecule has 29 heavy (non-hydrogen) atoms. The molecule has 3 rings (SSSR count). The Morgan fingerprint density at radius 2 is 1.93 bits per heavy atom. The maximum atomic E-state index is 13.2. The zero-order valence-electron chi connectivity index (χ0n) is 16.1. The number of halogens is 1. The highest BCUT2D eigenvalue weighted by Crippen LogP contribution is 2.19. The van der Waals surface area contributed by atoms with E-state index in [0.29, 0.717) is 19.4 Å². The van der Waals surface area contributed by atoms with E-state index in [2.05, 4.69) is 5.10 Å². The first-order valence-corrected chi connectivity index (χ1v) is 9.25. The number of rotatable bonds is 4. The molecule has 0 radical (unpaired) electrons. The summed E-state index contributed by atoms with van der Waals surface area (Å²) in [5.74, 6) is -2.03. The molecule has 0 unspecified atom stereocenters. The summed E-state index contributed by atoms with van der Waals surface area (Å²) in [7, 11) is 1.24. The molecular weight excluding hydrogens is 383 g/mol. The minimum Gasteiger partial charge on any atom is -0.466 e. The summed E-state index contributed by atoms with van der Waals surface area (Å²) in [6, 6.07) is 4.93. The zero-order chi connectivity index (χ0) is 21.1. The lowest BCUT2D eigenvalue weighted by Crippen LogP contribution is -2.48. The third kappa shape index (κ3) is 4.10. The Morgan fingerprint density at radius 3 is 2.59 bits per heavy atom. The number of carbonyl (C=O) groups excluding carboxylic acids is 2. The fraction of sp³-hybridized carbons (Fsp3) is 0.421. The predicted octanol–water partition coefficient (Wildman–Crippen LogP) is 0.486. The Bertz CT molecular complexity index is 1040. The lowest BCUT2D eigenvalue weighted by Gasteiger charge is -2.31. The lowest BCUT2D eigenvalue weighted by molar-refractivity contribution is -0.149. The predicted molar refractivity (Wildman–Crippen MR) is 100 cm³/mol. The molecule has 0 bridgehead atoms. The molecule has 0 aliphatic carbocycles. The molecular formula is C19H21FN4O5. The molecule has 0 saturated carbocycles. The third-order valence-corrected chi connectivity index (χ3v) is 4.78. The number of aromatic nitrogens is 3. The van der Waals surface area contributed by atoms with Crippen molar-refractivity contribution < 1.29 is 18.7 Å². The number of hydrogen-bond donors (Lipinski definition) is 0. The van der Waals surface area contributed by atoms with Crippen molar-refractivity contribution in [2.24, 2.45) is 13.0 Å². The number of benzene rings is 1. The number of esters is 1. The van der Waals surface area contributed by atoms with Gasteiger partial charge in [0.2, 0.25) is 5.69 Å². The van der Waals surface area contributed by atoms with Crippen LogP contribution in [0.2, 0.25) is 0 Å². The molecule has 9 nitrogen and oxygen atoms in total. The quantitative estimate of drug-likeness (QED) is 0.687. The number of hydrogen-bond acceptors (Lipinski definition) is 6. The Morgan fingerprint density at radius 1 is 1.24 bits per heavy atom. The number of amides is 1. The smallest absolute Gasteiger partial charge is 0.351 e. The topological polar surface area (TPSA) is 104 Å². The molecule has 2 heterocycles. The van der Waals surface area contributed by atoms with Crippen LogP contribution >= 0.6 is 0 Å². The summed E-state index contributed by atoms with van der Waals surface area (Å²) < 4.78 is 19.9. The molecule has 10 heteroatoms. The molecule has 1 aromatic carbocycles. The first kappa shape index (κ1) is 20.4. The van der Waals surface area contributed by atoms with Gasteiger partial charge < -0.3 is 9.64 Å². The van der Waals surface area contributed by atoms with Crippen molar-refractivity contribution in [3.63, 3.8) is 0 Å². The molecule has 1 fully saturated rings. The summed E-state index contributed by atoms with van der Waals surface area (Å²) in [5.41, 5.74) is -1.83. The highest BCUT2D eigenvalue weighted by Gasteiger charge is 2.32. The molecule has 0 N–H and O–H groups in total. The minimum atomic E-state index is -0.836. The summed E-state index contributed by atoms with van der Waals surface area (Å²) in [6.45, 7) is 2.41. The van der Waals surface area contributed by atoms with Crippen LogP contribution in [0.25, 0.3) is 5.69 Å². The van der Waals surface area contributed by atoms with Gasteiger partial charge in [0.25, 0.3) is 11.5 Å². The van der Waals surface area contributed by atoms with E-state index in [9.17, 15) is 23.6 Å². The lowest BCUT2D eigenvalue weighted by atomic mass is 9.98. The molecule has 1 aromatic heterocycles. The van der Waals surface area contributed by atoms with E-state index in [1.54, 1.807) is 6.92 Å². The van der Waals surface area contributed by atoms with E-state index < -0.39 is 34.6 Å². The Hall–Kier alpha value is -3.30. The first-order valence-electron chi connectivity index (χ1n) is 9.25. The second-order valence-corrected chi connectivity index (χ2v) is 6.73. The number of ether oxygens (including phenoxy) is 1. The first-order chi connectivity index (χ1) is 13.8. The van der Waals surface area contributed by atoms with Crippen LogP contribution in [0.3, 0.4) is 0 Å². The van der Waals surface area contributed by atoms with E-state index in [4.69, 9.17) is 4.74 Å². The second-order valence-electron chi connectivity index (χ2n) is 6.73. The monoisotopic (exact) mass is 404 g/mol. The molecule has 1 aliphatic rings. The maximum absolute atomic E-state index is 13.2. The Kier molecular flexibility index (Phi) is 5.90. The van der Waals surface area contributed by atoms with Gasteiger partial charge in [0.15, 0.2) is 0 Å². The molecule has 1 amide bonds. The average molecular weight is 404 g/mol. The summed E-state index contributed by atoms with van der Waals surface area (Å²) in [6.07, 6.45) is 1.16. The maximum Gasteiger partial charge on any atom is 0.351 e. The molecule has 1 atom stereocenters. The van der Waals surface area contributed by atoms with Crippen molar-refractivity contribution in [2.75, 3.05) is 19.7 Å². The summed E-state index contributed by atoms with van der Waals surface area (Å²) >= 11 is 0. The van der Waals surface area contributed by atoms with E-state index >= 15 is 0 Å². The van der Waals surface area contributed by atoms with Gasteiger partial charge in [-0.25, -0.2) is 9.18 Å². The molecule has 0 spiro atoms. The van der Waals surface area contributed by atoms with Gasteiger partial charge in [-0.15, -0.1) is 0 Å². The van der Waals surface area contributed by atoms with Crippen LogP contribution < -0.4 is 11.2 Å². The molecule has 1 saturated heterocycles. The highest BCUT2D eigenvalue weighted by atomic mass is 19.1. The van der Waals surface area contributed by atoms with Crippen LogP contribution in [0.5, 0.6) is 0 Å². The van der Waals surface area contributed by atoms with Crippen LogP contribution in [-0.2, 0) is 16.6 Å². The average Bonchev–Trinajstić information content (AvgIpc) is 2.73. The third-order valence-electron chi connectivity index (χ3n) is 4.78. The van der Waals surface area contributed by atoms with Crippen molar-refractivity contribution >= 4 is 11.9 Å². The normalized spacial score (nSPS) is 16.5. The van der Waals surface area contributed by atoms with E-state index in [1.807, 2.05) is 0 Å². The fourth-order valence-electron chi connectivity index (χ4n) is 3.22. The van der Waals surface area contributed by atoms with Crippen molar-refractivity contribution in [3.05, 3.63) is 56.6 Å². The molecule has 2 aromatic rings. The van der Waals surface area contributed by atoms with Gasteiger partial charge in [0.05, 0.1) is 18.2 Å². The van der Waals surface area contributed by atoms with Crippen LogP contribution in [-0.4, -0.2) is 50.8 Å². The number of nitrogens with zero attached hydrogens (tertiary/aromatic N) is 4. The standard InChI is InChI=1S/C19H21FN4O5/c1-3-29-18(27)12-5-4-10-23(11-12)17(26)15-16(25)22(2)19(28)24(21-15)14-8-6-13(20)7-9-14/h6-9,12H,3-5,10-11H2,1-2H3/t12-/m0/s1. The van der Waals surface area contributed by atoms with Crippen LogP contribution in [0.4, 0.5) is 4.39 Å². The number of piperidine rings is 1.